The molecule has 2 amide bonds. The number of nitrogens with two attached hydrogens (primary N) is 1. The summed E-state index contributed by atoms with van der Waals surface area (Å²) in [6, 6.07) is 11.6. The number of anilines is 4. The van der Waals surface area contributed by atoms with E-state index in [1.54, 1.807) is 16.7 Å². The van der Waals surface area contributed by atoms with E-state index in [-0.39, 0.29) is 0 Å². The van der Waals surface area contributed by atoms with E-state index in [9.17, 15) is 4.79 Å². The number of primary amides is 1. The van der Waals surface area contributed by atoms with Gasteiger partial charge in [-0.25, -0.2) is 4.79 Å². The minimum absolute atomic E-state index is 0.469. The van der Waals surface area contributed by atoms with Crippen molar-refractivity contribution in [3.63, 3.8) is 0 Å². The summed E-state index contributed by atoms with van der Waals surface area (Å²) in [5.41, 5.74) is 9.49. The highest BCUT2D eigenvalue weighted by Crippen LogP contribution is 2.49. The largest absolute Gasteiger partial charge is 0.378 e. The van der Waals surface area contributed by atoms with Gasteiger partial charge in [-0.2, -0.15) is 0 Å². The lowest BCUT2D eigenvalue weighted by Gasteiger charge is -2.31. The van der Waals surface area contributed by atoms with Crippen molar-refractivity contribution in [2.24, 2.45) is 5.73 Å². The zero-order valence-corrected chi connectivity index (χ0v) is 14.5. The van der Waals surface area contributed by atoms with Crippen LogP contribution in [0, 0.1) is 0 Å². The Labute approximate surface area is 140 Å². The van der Waals surface area contributed by atoms with Crippen molar-refractivity contribution < 1.29 is 4.79 Å². The summed E-state index contributed by atoms with van der Waals surface area (Å²) >= 11 is 1.66. The number of nitrogens with zero attached hydrogens (tertiary/aromatic N) is 3. The van der Waals surface area contributed by atoms with E-state index in [4.69, 9.17) is 5.73 Å². The van der Waals surface area contributed by atoms with Crippen LogP contribution in [-0.2, 0) is 0 Å². The van der Waals surface area contributed by atoms with Gasteiger partial charge in [-0.15, -0.1) is 0 Å². The van der Waals surface area contributed by atoms with Gasteiger partial charge in [0.05, 0.1) is 11.4 Å². The third kappa shape index (κ3) is 2.70. The van der Waals surface area contributed by atoms with Gasteiger partial charge in [0.25, 0.3) is 0 Å². The quantitative estimate of drug-likeness (QED) is 0.917. The van der Waals surface area contributed by atoms with Gasteiger partial charge in [0, 0.05) is 49.4 Å². The normalized spacial score (nSPS) is 12.4. The third-order valence-electron chi connectivity index (χ3n) is 3.84. The molecule has 1 aliphatic heterocycles. The smallest absolute Gasteiger partial charge is 0.323 e. The first-order valence-corrected chi connectivity index (χ1v) is 8.10. The lowest BCUT2D eigenvalue weighted by molar-refractivity contribution is 0.256. The molecule has 3 rings (SSSR count). The summed E-state index contributed by atoms with van der Waals surface area (Å²) in [6.45, 7) is 0. The van der Waals surface area contributed by atoms with Gasteiger partial charge in [0.2, 0.25) is 0 Å². The summed E-state index contributed by atoms with van der Waals surface area (Å²) in [4.78, 5) is 19.8. The molecule has 0 unspecified atom stereocenters. The van der Waals surface area contributed by atoms with Gasteiger partial charge >= 0.3 is 6.03 Å². The number of hydrogen-bond acceptors (Lipinski definition) is 4. The molecular formula is C17H20N4OS. The Balaban J connectivity index is 2.15. The first-order chi connectivity index (χ1) is 10.9. The Hall–Kier alpha value is -2.34. The van der Waals surface area contributed by atoms with E-state index in [1.807, 2.05) is 62.3 Å². The van der Waals surface area contributed by atoms with Crippen LogP contribution in [0.5, 0.6) is 0 Å². The van der Waals surface area contributed by atoms with Gasteiger partial charge < -0.3 is 15.5 Å². The van der Waals surface area contributed by atoms with Crippen LogP contribution in [0.4, 0.5) is 27.5 Å². The molecule has 6 heteroatoms. The number of carbonyl (C=O) groups is 1. The van der Waals surface area contributed by atoms with Gasteiger partial charge in [0.15, 0.2) is 0 Å². The molecular weight excluding hydrogens is 308 g/mol. The Morgan fingerprint density at radius 3 is 1.70 bits per heavy atom. The molecule has 1 aliphatic rings. The highest BCUT2D eigenvalue weighted by Gasteiger charge is 2.27. The number of carbonyl (C=O) groups excluding carboxylic acids is 1. The zero-order valence-electron chi connectivity index (χ0n) is 13.7. The van der Waals surface area contributed by atoms with Gasteiger partial charge in [-0.3, -0.25) is 4.90 Å². The molecule has 0 saturated heterocycles. The molecule has 0 saturated carbocycles. The molecule has 0 spiro atoms. The monoisotopic (exact) mass is 328 g/mol. The molecule has 2 N–H and O–H groups in total. The first kappa shape index (κ1) is 15.6. The molecule has 0 atom stereocenters. The second-order valence-corrected chi connectivity index (χ2v) is 6.95. The van der Waals surface area contributed by atoms with E-state index in [2.05, 4.69) is 12.1 Å². The number of hydrogen-bond donors (Lipinski definition) is 1. The third-order valence-corrected chi connectivity index (χ3v) is 4.94. The Kier molecular flexibility index (Phi) is 3.85. The Morgan fingerprint density at radius 1 is 0.913 bits per heavy atom. The van der Waals surface area contributed by atoms with Crippen molar-refractivity contribution in [2.45, 2.75) is 9.79 Å². The number of urea groups is 1. The molecule has 2 aromatic carbocycles. The predicted molar refractivity (Wildman–Crippen MR) is 97.4 cm³/mol. The fourth-order valence-electron chi connectivity index (χ4n) is 2.58. The van der Waals surface area contributed by atoms with Crippen LogP contribution < -0.4 is 20.4 Å². The standard InChI is InChI=1S/C17H20N4OS/c1-19(2)11-5-7-13-15(9-11)23-16-10-12(20(3)4)6-8-14(16)21(13)17(18)22/h5-10H,1-4H3,(H2,18,22). The molecule has 0 aliphatic carbocycles. The molecule has 0 radical (unpaired) electrons. The maximum absolute atomic E-state index is 12.0. The van der Waals surface area contributed by atoms with Crippen LogP contribution in [0.15, 0.2) is 46.2 Å². The molecule has 0 aromatic heterocycles. The average molecular weight is 328 g/mol. The fourth-order valence-corrected chi connectivity index (χ4v) is 3.70. The summed E-state index contributed by atoms with van der Waals surface area (Å²) in [6.07, 6.45) is 0. The second-order valence-electron chi connectivity index (χ2n) is 5.87. The van der Waals surface area contributed by atoms with E-state index < -0.39 is 6.03 Å². The van der Waals surface area contributed by atoms with Crippen LogP contribution >= 0.6 is 11.8 Å². The van der Waals surface area contributed by atoms with E-state index in [1.165, 1.54) is 0 Å². The molecule has 2 aromatic rings. The summed E-state index contributed by atoms with van der Waals surface area (Å²) in [7, 11) is 8.00. The highest BCUT2D eigenvalue weighted by atomic mass is 32.2. The van der Waals surface area contributed by atoms with Gasteiger partial charge in [0.1, 0.15) is 0 Å². The highest BCUT2D eigenvalue weighted by molar-refractivity contribution is 7.99. The number of fused-ring (bicyclic) bond motifs is 2. The summed E-state index contributed by atoms with van der Waals surface area (Å²) < 4.78 is 0. The molecule has 0 bridgehead atoms. The number of rotatable bonds is 2. The lowest BCUT2D eigenvalue weighted by Crippen LogP contribution is -2.33. The topological polar surface area (TPSA) is 52.8 Å². The average Bonchev–Trinajstić information content (AvgIpc) is 2.50. The summed E-state index contributed by atoms with van der Waals surface area (Å²) in [5, 5.41) is 0. The SMILES string of the molecule is CN(C)c1ccc2c(c1)Sc1cc(N(C)C)ccc1N2C(N)=O. The zero-order chi connectivity index (χ0) is 16.7. The first-order valence-electron chi connectivity index (χ1n) is 7.28. The minimum atomic E-state index is -0.469. The van der Waals surface area contributed by atoms with E-state index >= 15 is 0 Å². The van der Waals surface area contributed by atoms with Crippen molar-refractivity contribution in [2.75, 3.05) is 42.9 Å². The number of benzene rings is 2. The van der Waals surface area contributed by atoms with Crippen molar-refractivity contribution in [1.29, 1.82) is 0 Å². The minimum Gasteiger partial charge on any atom is -0.378 e. The second kappa shape index (κ2) is 5.70. The molecule has 5 nitrogen and oxygen atoms in total. The molecule has 1 heterocycles. The van der Waals surface area contributed by atoms with Crippen LogP contribution in [0.25, 0.3) is 0 Å². The van der Waals surface area contributed by atoms with E-state index in [0.717, 1.165) is 32.5 Å². The maximum Gasteiger partial charge on any atom is 0.323 e. The molecule has 120 valence electrons. The van der Waals surface area contributed by atoms with Crippen LogP contribution in [0.3, 0.4) is 0 Å². The Bertz CT molecular complexity index is 716. The van der Waals surface area contributed by atoms with Crippen molar-refractivity contribution in [3.05, 3.63) is 36.4 Å². The van der Waals surface area contributed by atoms with Crippen molar-refractivity contribution >= 4 is 40.5 Å². The Morgan fingerprint density at radius 2 is 1.35 bits per heavy atom. The van der Waals surface area contributed by atoms with E-state index in [0.29, 0.717) is 0 Å². The predicted octanol–water partition coefficient (Wildman–Crippen LogP) is 3.50. The van der Waals surface area contributed by atoms with Gasteiger partial charge in [-0.05, 0) is 36.4 Å². The van der Waals surface area contributed by atoms with Crippen molar-refractivity contribution in [1.82, 2.24) is 0 Å². The lowest BCUT2D eigenvalue weighted by atomic mass is 10.2. The fraction of sp³-hybridized carbons (Fsp3) is 0.235. The molecule has 0 fully saturated rings. The molecule has 23 heavy (non-hydrogen) atoms. The van der Waals surface area contributed by atoms with Crippen LogP contribution in [0.2, 0.25) is 0 Å². The van der Waals surface area contributed by atoms with Gasteiger partial charge in [-0.1, -0.05) is 11.8 Å². The van der Waals surface area contributed by atoms with Crippen molar-refractivity contribution in [3.8, 4) is 0 Å². The van der Waals surface area contributed by atoms with Crippen LogP contribution in [0.1, 0.15) is 0 Å². The van der Waals surface area contributed by atoms with Crippen LogP contribution in [-0.4, -0.2) is 34.2 Å². The number of amides is 2. The maximum atomic E-state index is 12.0. The summed E-state index contributed by atoms with van der Waals surface area (Å²) in [5.74, 6) is 0.